The molecule has 1 aromatic carbocycles. The first-order valence-corrected chi connectivity index (χ1v) is 7.51. The van der Waals surface area contributed by atoms with E-state index in [0.717, 1.165) is 5.56 Å². The maximum Gasteiger partial charge on any atom is 0.330 e. The molecule has 0 aliphatic rings. The zero-order valence-electron chi connectivity index (χ0n) is 12.8. The van der Waals surface area contributed by atoms with Crippen molar-refractivity contribution in [1.29, 1.82) is 0 Å². The third-order valence-corrected chi connectivity index (χ3v) is 3.31. The van der Waals surface area contributed by atoms with Crippen LogP contribution < -0.4 is 5.32 Å². The van der Waals surface area contributed by atoms with Gasteiger partial charge in [-0.2, -0.15) is 8.78 Å². The average molecular weight is 380 g/mol. The molecule has 4 nitrogen and oxygen atoms in total. The number of carbonyl (C=O) groups excluding carboxylic acids is 1. The second kappa shape index (κ2) is 8.35. The summed E-state index contributed by atoms with van der Waals surface area (Å²) in [5.41, 5.74) is 0.752. The van der Waals surface area contributed by atoms with E-state index >= 15 is 0 Å². The van der Waals surface area contributed by atoms with E-state index in [1.807, 2.05) is 0 Å². The molecule has 136 valence electrons. The van der Waals surface area contributed by atoms with Crippen molar-refractivity contribution >= 4 is 17.5 Å². The quantitative estimate of drug-likeness (QED) is 0.701. The van der Waals surface area contributed by atoms with Gasteiger partial charge in [-0.3, -0.25) is 4.79 Å². The first-order valence-electron chi connectivity index (χ1n) is 7.13. The topological polar surface area (TPSA) is 51.5 Å². The predicted molar refractivity (Wildman–Crippen MR) is 82.8 cm³/mol. The molecule has 0 radical (unpaired) electrons. The summed E-state index contributed by atoms with van der Waals surface area (Å²) in [4.78, 5) is 11.5. The Morgan fingerprint density at radius 3 is 2.72 bits per heavy atom. The number of alkyl halides is 4. The molecule has 2 rings (SSSR count). The van der Waals surface area contributed by atoms with Crippen LogP contribution in [0.1, 0.15) is 5.76 Å². The fourth-order valence-corrected chi connectivity index (χ4v) is 2.04. The van der Waals surface area contributed by atoms with Crippen LogP contribution in [-0.4, -0.2) is 31.5 Å². The van der Waals surface area contributed by atoms with Crippen LogP contribution in [0, 0.1) is 0 Å². The van der Waals surface area contributed by atoms with E-state index in [1.54, 1.807) is 36.4 Å². The number of amides is 1. The molecule has 0 saturated heterocycles. The highest BCUT2D eigenvalue weighted by atomic mass is 35.5. The second-order valence-corrected chi connectivity index (χ2v) is 5.54. The first kappa shape index (κ1) is 19.3. The van der Waals surface area contributed by atoms with Gasteiger partial charge in [-0.15, -0.1) is 0 Å². The Labute approximate surface area is 145 Å². The summed E-state index contributed by atoms with van der Waals surface area (Å²) in [6, 6.07) is 10.3. The standard InChI is InChI=1S/C16H14ClF4NO3/c17-11-3-1-2-10(6-11)13-5-4-12(25-13)7-22-14(23)8-24-9-16(20,21)15(18)19/h1-6,15H,7-9H2,(H,22,23). The van der Waals surface area contributed by atoms with E-state index in [1.165, 1.54) is 0 Å². The van der Waals surface area contributed by atoms with Crippen LogP contribution in [0.4, 0.5) is 17.6 Å². The summed E-state index contributed by atoms with van der Waals surface area (Å²) in [6.45, 7) is -2.30. The van der Waals surface area contributed by atoms with Crippen molar-refractivity contribution in [3.05, 3.63) is 47.2 Å². The molecule has 0 saturated carbocycles. The minimum Gasteiger partial charge on any atom is -0.459 e. The number of carbonyl (C=O) groups is 1. The molecule has 1 aromatic heterocycles. The fraction of sp³-hybridized carbons (Fsp3) is 0.312. The summed E-state index contributed by atoms with van der Waals surface area (Å²) in [5.74, 6) is -4.06. The molecule has 0 spiro atoms. The van der Waals surface area contributed by atoms with E-state index in [-0.39, 0.29) is 6.54 Å². The average Bonchev–Trinajstić information content (AvgIpc) is 3.01. The van der Waals surface area contributed by atoms with Gasteiger partial charge in [0.15, 0.2) is 0 Å². The van der Waals surface area contributed by atoms with Gasteiger partial charge in [-0.25, -0.2) is 8.78 Å². The number of rotatable bonds is 8. The minimum absolute atomic E-state index is 0.00595. The van der Waals surface area contributed by atoms with E-state index in [0.29, 0.717) is 16.5 Å². The molecule has 2 aromatic rings. The van der Waals surface area contributed by atoms with E-state index in [2.05, 4.69) is 10.1 Å². The molecule has 0 unspecified atom stereocenters. The Morgan fingerprint density at radius 2 is 2.04 bits per heavy atom. The van der Waals surface area contributed by atoms with E-state index < -0.39 is 31.5 Å². The third kappa shape index (κ3) is 5.75. The summed E-state index contributed by atoms with van der Waals surface area (Å²) in [6.07, 6.45) is -3.84. The van der Waals surface area contributed by atoms with Crippen LogP contribution in [0.5, 0.6) is 0 Å². The van der Waals surface area contributed by atoms with Crippen molar-refractivity contribution in [1.82, 2.24) is 5.32 Å². The minimum atomic E-state index is -4.28. The Kier molecular flexibility index (Phi) is 6.44. The summed E-state index contributed by atoms with van der Waals surface area (Å²) < 4.78 is 58.9. The molecule has 25 heavy (non-hydrogen) atoms. The van der Waals surface area contributed by atoms with Gasteiger partial charge in [0.25, 0.3) is 0 Å². The number of nitrogens with one attached hydrogen (secondary N) is 1. The number of halogens is 5. The SMILES string of the molecule is O=C(COCC(F)(F)C(F)F)NCc1ccc(-c2cccc(Cl)c2)o1. The van der Waals surface area contributed by atoms with E-state index in [4.69, 9.17) is 16.0 Å². The summed E-state index contributed by atoms with van der Waals surface area (Å²) in [5, 5.41) is 2.92. The molecular formula is C16H14ClF4NO3. The van der Waals surface area contributed by atoms with Crippen molar-refractivity contribution in [3.8, 4) is 11.3 Å². The van der Waals surface area contributed by atoms with Gasteiger partial charge in [-0.1, -0.05) is 23.7 Å². The van der Waals surface area contributed by atoms with Gasteiger partial charge in [0.05, 0.1) is 6.54 Å². The lowest BCUT2D eigenvalue weighted by Gasteiger charge is -2.14. The maximum absolute atomic E-state index is 12.6. The number of hydrogen-bond donors (Lipinski definition) is 1. The van der Waals surface area contributed by atoms with Crippen molar-refractivity contribution in [3.63, 3.8) is 0 Å². The molecule has 0 atom stereocenters. The first-order chi connectivity index (χ1) is 11.8. The van der Waals surface area contributed by atoms with Gasteiger partial charge in [-0.05, 0) is 24.3 Å². The molecule has 0 aliphatic carbocycles. The number of benzene rings is 1. The lowest BCUT2D eigenvalue weighted by molar-refractivity contribution is -0.168. The number of hydrogen-bond acceptors (Lipinski definition) is 3. The van der Waals surface area contributed by atoms with Gasteiger partial charge in [0.1, 0.15) is 24.7 Å². The molecular weight excluding hydrogens is 366 g/mol. The number of ether oxygens (including phenoxy) is 1. The Bertz CT molecular complexity index is 721. The molecule has 0 fully saturated rings. The highest BCUT2D eigenvalue weighted by molar-refractivity contribution is 6.30. The smallest absolute Gasteiger partial charge is 0.330 e. The monoisotopic (exact) mass is 379 g/mol. The zero-order chi connectivity index (χ0) is 18.4. The molecule has 1 N–H and O–H groups in total. The lowest BCUT2D eigenvalue weighted by atomic mass is 10.2. The van der Waals surface area contributed by atoms with Crippen molar-refractivity contribution in [2.24, 2.45) is 0 Å². The molecule has 1 amide bonds. The Hall–Kier alpha value is -2.06. The van der Waals surface area contributed by atoms with Gasteiger partial charge >= 0.3 is 12.3 Å². The normalized spacial score (nSPS) is 11.8. The van der Waals surface area contributed by atoms with Crippen LogP contribution in [0.15, 0.2) is 40.8 Å². The van der Waals surface area contributed by atoms with Crippen LogP contribution in [0.3, 0.4) is 0 Å². The molecule has 0 bridgehead atoms. The van der Waals surface area contributed by atoms with Crippen molar-refractivity contribution < 1.29 is 31.5 Å². The molecule has 9 heteroatoms. The summed E-state index contributed by atoms with van der Waals surface area (Å²) >= 11 is 5.89. The third-order valence-electron chi connectivity index (χ3n) is 3.08. The highest BCUT2D eigenvalue weighted by Gasteiger charge is 2.41. The molecule has 0 aliphatic heterocycles. The predicted octanol–water partition coefficient (Wildman–Crippen LogP) is 4.13. The maximum atomic E-state index is 12.6. The van der Waals surface area contributed by atoms with Crippen LogP contribution in [0.2, 0.25) is 5.02 Å². The van der Waals surface area contributed by atoms with Gasteiger partial charge in [0, 0.05) is 10.6 Å². The van der Waals surface area contributed by atoms with Crippen LogP contribution >= 0.6 is 11.6 Å². The zero-order valence-corrected chi connectivity index (χ0v) is 13.5. The van der Waals surface area contributed by atoms with Crippen LogP contribution in [-0.2, 0) is 16.1 Å². The summed E-state index contributed by atoms with van der Waals surface area (Å²) in [7, 11) is 0. The second-order valence-electron chi connectivity index (χ2n) is 5.11. The fourth-order valence-electron chi connectivity index (χ4n) is 1.85. The molecule has 1 heterocycles. The van der Waals surface area contributed by atoms with Crippen LogP contribution in [0.25, 0.3) is 11.3 Å². The van der Waals surface area contributed by atoms with E-state index in [9.17, 15) is 22.4 Å². The number of furan rings is 1. The lowest BCUT2D eigenvalue weighted by Crippen LogP contribution is -2.35. The Morgan fingerprint density at radius 1 is 1.28 bits per heavy atom. The highest BCUT2D eigenvalue weighted by Crippen LogP contribution is 2.25. The Balaban J connectivity index is 1.79. The van der Waals surface area contributed by atoms with Gasteiger partial charge < -0.3 is 14.5 Å². The van der Waals surface area contributed by atoms with Crippen molar-refractivity contribution in [2.75, 3.05) is 13.2 Å². The van der Waals surface area contributed by atoms with Crippen molar-refractivity contribution in [2.45, 2.75) is 18.9 Å². The van der Waals surface area contributed by atoms with Gasteiger partial charge in [0.2, 0.25) is 5.91 Å². The largest absolute Gasteiger partial charge is 0.459 e.